The number of ether oxygens (including phenoxy) is 1. The van der Waals surface area contributed by atoms with Crippen molar-refractivity contribution in [2.45, 2.75) is 44.6 Å². The van der Waals surface area contributed by atoms with E-state index in [-0.39, 0.29) is 17.6 Å². The van der Waals surface area contributed by atoms with Crippen LogP contribution < -0.4 is 4.74 Å². The molecule has 2 nitrogen and oxygen atoms in total. The van der Waals surface area contributed by atoms with Gasteiger partial charge in [0.1, 0.15) is 11.4 Å². The first kappa shape index (κ1) is 12.5. The molecule has 0 unspecified atom stereocenters. The Hall–Kier alpha value is -0.540. The van der Waals surface area contributed by atoms with Crippen molar-refractivity contribution < 1.29 is 9.84 Å². The van der Waals surface area contributed by atoms with Gasteiger partial charge in [0.05, 0.1) is 6.61 Å². The minimum atomic E-state index is -0.373. The molecular formula is C15H19BrO2. The summed E-state index contributed by atoms with van der Waals surface area (Å²) in [6.45, 7) is 6.69. The Labute approximate surface area is 116 Å². The highest BCUT2D eigenvalue weighted by molar-refractivity contribution is 9.10. The lowest BCUT2D eigenvalue weighted by molar-refractivity contribution is -0.0395. The molecule has 18 heavy (non-hydrogen) atoms. The molecule has 2 aliphatic rings. The number of aryl methyl sites for hydroxylation is 1. The summed E-state index contributed by atoms with van der Waals surface area (Å²) in [6.07, 6.45) is 2.02. The van der Waals surface area contributed by atoms with Crippen molar-refractivity contribution in [3.8, 4) is 5.75 Å². The molecule has 0 amide bonds. The number of benzene rings is 1. The summed E-state index contributed by atoms with van der Waals surface area (Å²) in [7, 11) is 0. The molecule has 98 valence electrons. The Morgan fingerprint density at radius 3 is 2.83 bits per heavy atom. The molecule has 1 saturated carbocycles. The quantitative estimate of drug-likeness (QED) is 0.859. The second-order valence-electron chi connectivity index (χ2n) is 6.06. The zero-order valence-electron chi connectivity index (χ0n) is 11.1. The summed E-state index contributed by atoms with van der Waals surface area (Å²) in [5.41, 5.74) is 2.21. The average molecular weight is 311 g/mol. The van der Waals surface area contributed by atoms with Gasteiger partial charge >= 0.3 is 0 Å². The maximum Gasteiger partial charge on any atom is 0.135 e. The third-order valence-corrected chi connectivity index (χ3v) is 6.12. The fraction of sp³-hybridized carbons (Fsp3) is 0.600. The zero-order chi connectivity index (χ0) is 13.1. The van der Waals surface area contributed by atoms with Crippen molar-refractivity contribution in [1.82, 2.24) is 0 Å². The van der Waals surface area contributed by atoms with Crippen LogP contribution in [-0.4, -0.2) is 17.3 Å². The smallest absolute Gasteiger partial charge is 0.135 e. The first-order chi connectivity index (χ1) is 8.43. The van der Waals surface area contributed by atoms with Crippen molar-refractivity contribution in [2.75, 3.05) is 6.61 Å². The number of rotatable bonds is 1. The van der Waals surface area contributed by atoms with Gasteiger partial charge in [0.25, 0.3) is 0 Å². The Balaban J connectivity index is 2.22. The van der Waals surface area contributed by atoms with E-state index in [1.54, 1.807) is 0 Å². The van der Waals surface area contributed by atoms with E-state index in [1.165, 1.54) is 11.1 Å². The standard InChI is InChI=1S/C15H19BrO2/c1-9-6-13-11(7-12(9)16)14(3)4-5-15(8-17,18-13)10(14)2/h6-7,10,17H,4-5,8H2,1-3H3/t10-,14-,15+/m1/s1. The van der Waals surface area contributed by atoms with Crippen molar-refractivity contribution in [3.63, 3.8) is 0 Å². The summed E-state index contributed by atoms with van der Waals surface area (Å²) in [5, 5.41) is 9.77. The minimum absolute atomic E-state index is 0.109. The Morgan fingerprint density at radius 2 is 2.17 bits per heavy atom. The van der Waals surface area contributed by atoms with Crippen LogP contribution >= 0.6 is 15.9 Å². The molecule has 0 saturated heterocycles. The summed E-state index contributed by atoms with van der Waals surface area (Å²) >= 11 is 3.61. The molecule has 1 aromatic rings. The minimum Gasteiger partial charge on any atom is -0.484 e. The third kappa shape index (κ3) is 1.38. The fourth-order valence-electron chi connectivity index (χ4n) is 3.65. The van der Waals surface area contributed by atoms with Crippen molar-refractivity contribution in [1.29, 1.82) is 0 Å². The van der Waals surface area contributed by atoms with Crippen LogP contribution in [0.1, 0.15) is 37.8 Å². The number of hydrogen-bond acceptors (Lipinski definition) is 2. The van der Waals surface area contributed by atoms with E-state index < -0.39 is 0 Å². The number of halogens is 1. The Bertz CT molecular complexity index is 513. The van der Waals surface area contributed by atoms with Gasteiger partial charge in [-0.25, -0.2) is 0 Å². The first-order valence-corrected chi connectivity index (χ1v) is 7.33. The van der Waals surface area contributed by atoms with Crippen LogP contribution in [-0.2, 0) is 5.41 Å². The monoisotopic (exact) mass is 310 g/mol. The second kappa shape index (κ2) is 3.73. The first-order valence-electron chi connectivity index (χ1n) is 6.53. The van der Waals surface area contributed by atoms with E-state index in [1.807, 2.05) is 0 Å². The van der Waals surface area contributed by atoms with Crippen LogP contribution in [0.5, 0.6) is 5.75 Å². The number of hydrogen-bond donors (Lipinski definition) is 1. The molecule has 2 bridgehead atoms. The summed E-state index contributed by atoms with van der Waals surface area (Å²) < 4.78 is 7.34. The molecule has 1 heterocycles. The highest BCUT2D eigenvalue weighted by atomic mass is 79.9. The van der Waals surface area contributed by atoms with Crippen molar-refractivity contribution in [2.24, 2.45) is 5.92 Å². The van der Waals surface area contributed by atoms with E-state index >= 15 is 0 Å². The van der Waals surface area contributed by atoms with Gasteiger partial charge in [-0.1, -0.05) is 29.8 Å². The van der Waals surface area contributed by atoms with Gasteiger partial charge in [-0.3, -0.25) is 0 Å². The lowest BCUT2D eigenvalue weighted by Crippen LogP contribution is -2.50. The average Bonchev–Trinajstić information content (AvgIpc) is 2.52. The number of fused-ring (bicyclic) bond motifs is 4. The summed E-state index contributed by atoms with van der Waals surface area (Å²) in [6, 6.07) is 4.30. The normalized spacial score (nSPS) is 37.3. The Morgan fingerprint density at radius 1 is 1.44 bits per heavy atom. The molecule has 1 aromatic carbocycles. The topological polar surface area (TPSA) is 29.5 Å². The second-order valence-corrected chi connectivity index (χ2v) is 6.92. The van der Waals surface area contributed by atoms with Gasteiger partial charge in [0.15, 0.2) is 0 Å². The van der Waals surface area contributed by atoms with Gasteiger partial charge in [0.2, 0.25) is 0 Å². The fourth-order valence-corrected chi connectivity index (χ4v) is 3.99. The lowest BCUT2D eigenvalue weighted by Gasteiger charge is -2.44. The SMILES string of the molecule is Cc1cc2c(cc1Br)[C@]1(C)CC[C@@](CO)(O2)[C@@H]1C. The van der Waals surface area contributed by atoms with E-state index in [0.29, 0.717) is 5.92 Å². The predicted molar refractivity (Wildman–Crippen MR) is 75.1 cm³/mol. The van der Waals surface area contributed by atoms with Gasteiger partial charge < -0.3 is 9.84 Å². The van der Waals surface area contributed by atoms with Crippen LogP contribution in [0.25, 0.3) is 0 Å². The summed E-state index contributed by atoms with van der Waals surface area (Å²) in [4.78, 5) is 0. The molecule has 0 spiro atoms. The molecule has 3 heteroatoms. The number of aliphatic hydroxyl groups excluding tert-OH is 1. The van der Waals surface area contributed by atoms with Gasteiger partial charge in [-0.05, 0) is 37.5 Å². The number of aliphatic hydroxyl groups is 1. The highest BCUT2D eigenvalue weighted by Crippen LogP contribution is 2.58. The molecule has 0 aromatic heterocycles. The maximum absolute atomic E-state index is 9.77. The van der Waals surface area contributed by atoms with E-state index in [4.69, 9.17) is 4.74 Å². The molecule has 1 aliphatic heterocycles. The van der Waals surface area contributed by atoms with Crippen LogP contribution in [0.15, 0.2) is 16.6 Å². The summed E-state index contributed by atoms with van der Waals surface area (Å²) in [5.74, 6) is 1.31. The molecule has 3 atom stereocenters. The van der Waals surface area contributed by atoms with Gasteiger partial charge in [0, 0.05) is 21.4 Å². The third-order valence-electron chi connectivity index (χ3n) is 5.27. The zero-order valence-corrected chi connectivity index (χ0v) is 12.7. The highest BCUT2D eigenvalue weighted by Gasteiger charge is 2.58. The maximum atomic E-state index is 9.77. The largest absolute Gasteiger partial charge is 0.484 e. The molecule has 0 radical (unpaired) electrons. The Kier molecular flexibility index (Phi) is 2.59. The van der Waals surface area contributed by atoms with E-state index in [9.17, 15) is 5.11 Å². The lowest BCUT2D eigenvalue weighted by atomic mass is 9.69. The van der Waals surface area contributed by atoms with Crippen LogP contribution in [0.3, 0.4) is 0 Å². The van der Waals surface area contributed by atoms with Gasteiger partial charge in [-0.2, -0.15) is 0 Å². The predicted octanol–water partition coefficient (Wildman–Crippen LogP) is 3.57. The van der Waals surface area contributed by atoms with Gasteiger partial charge in [-0.15, -0.1) is 0 Å². The van der Waals surface area contributed by atoms with Crippen LogP contribution in [0.2, 0.25) is 0 Å². The molecule has 1 N–H and O–H groups in total. The molecule has 1 aliphatic carbocycles. The van der Waals surface area contributed by atoms with Crippen LogP contribution in [0, 0.1) is 12.8 Å². The molecule has 3 rings (SSSR count). The van der Waals surface area contributed by atoms with Crippen LogP contribution in [0.4, 0.5) is 0 Å². The van der Waals surface area contributed by atoms with Crippen molar-refractivity contribution >= 4 is 15.9 Å². The van der Waals surface area contributed by atoms with E-state index in [0.717, 1.165) is 23.1 Å². The van der Waals surface area contributed by atoms with Crippen molar-refractivity contribution in [3.05, 3.63) is 27.7 Å². The van der Waals surface area contributed by atoms with E-state index in [2.05, 4.69) is 48.8 Å². The molecular weight excluding hydrogens is 292 g/mol. The molecule has 1 fully saturated rings.